The van der Waals surface area contributed by atoms with Gasteiger partial charge in [-0.05, 0) is 24.3 Å². The maximum Gasteiger partial charge on any atom is 0.200 e. The van der Waals surface area contributed by atoms with Gasteiger partial charge in [-0.2, -0.15) is 4.99 Å². The molecule has 17 heavy (non-hydrogen) atoms. The van der Waals surface area contributed by atoms with Crippen molar-refractivity contribution in [2.24, 2.45) is 10.7 Å². The Hall–Kier alpha value is -2.56. The monoisotopic (exact) mass is 228 g/mol. The minimum absolute atomic E-state index is 0.00897. The maximum absolute atomic E-state index is 9.47. The molecule has 1 heterocycles. The SMILES string of the molecule is NC(=Nc1ncccc1O)Nc1ccccc1. The fraction of sp³-hybridized carbons (Fsp3) is 0. The number of para-hydroxylation sites is 1. The normalized spacial score (nSPS) is 11.2. The van der Waals surface area contributed by atoms with Gasteiger partial charge >= 0.3 is 0 Å². The van der Waals surface area contributed by atoms with E-state index in [1.165, 1.54) is 12.3 Å². The van der Waals surface area contributed by atoms with Crippen LogP contribution in [-0.4, -0.2) is 16.1 Å². The summed E-state index contributed by atoms with van der Waals surface area (Å²) in [6, 6.07) is 12.5. The van der Waals surface area contributed by atoms with Crippen LogP contribution in [0.3, 0.4) is 0 Å². The van der Waals surface area contributed by atoms with Crippen LogP contribution in [0.15, 0.2) is 53.7 Å². The number of guanidine groups is 1. The molecule has 0 saturated heterocycles. The molecule has 86 valence electrons. The molecule has 0 radical (unpaired) electrons. The Balaban J connectivity index is 2.16. The van der Waals surface area contributed by atoms with E-state index in [-0.39, 0.29) is 17.5 Å². The number of hydrogen-bond donors (Lipinski definition) is 3. The molecule has 0 saturated carbocycles. The molecule has 5 nitrogen and oxygen atoms in total. The first kappa shape index (κ1) is 10.9. The lowest BCUT2D eigenvalue weighted by atomic mass is 10.3. The Morgan fingerprint density at radius 3 is 2.65 bits per heavy atom. The summed E-state index contributed by atoms with van der Waals surface area (Å²) in [5, 5.41) is 12.4. The third-order valence-electron chi connectivity index (χ3n) is 2.04. The van der Waals surface area contributed by atoms with Crippen molar-refractivity contribution in [1.82, 2.24) is 4.98 Å². The summed E-state index contributed by atoms with van der Waals surface area (Å²) < 4.78 is 0. The molecule has 0 aliphatic heterocycles. The van der Waals surface area contributed by atoms with E-state index in [0.717, 1.165) is 5.69 Å². The van der Waals surface area contributed by atoms with Crippen molar-refractivity contribution in [2.75, 3.05) is 5.32 Å². The van der Waals surface area contributed by atoms with Crippen LogP contribution in [0.4, 0.5) is 11.5 Å². The van der Waals surface area contributed by atoms with Crippen LogP contribution >= 0.6 is 0 Å². The topological polar surface area (TPSA) is 83.5 Å². The molecule has 0 unspecified atom stereocenters. The van der Waals surface area contributed by atoms with E-state index in [9.17, 15) is 5.11 Å². The average molecular weight is 228 g/mol. The Labute approximate surface area is 98.7 Å². The van der Waals surface area contributed by atoms with Crippen molar-refractivity contribution in [3.05, 3.63) is 48.7 Å². The van der Waals surface area contributed by atoms with Crippen LogP contribution in [0.2, 0.25) is 0 Å². The van der Waals surface area contributed by atoms with Gasteiger partial charge in [-0.3, -0.25) is 0 Å². The van der Waals surface area contributed by atoms with Crippen LogP contribution in [0, 0.1) is 0 Å². The average Bonchev–Trinajstić information content (AvgIpc) is 2.33. The first-order valence-electron chi connectivity index (χ1n) is 5.06. The zero-order chi connectivity index (χ0) is 12.1. The summed E-state index contributed by atoms with van der Waals surface area (Å²) in [5.74, 6) is 0.351. The molecule has 0 amide bonds. The van der Waals surface area contributed by atoms with Gasteiger partial charge in [0.25, 0.3) is 0 Å². The number of aromatic nitrogens is 1. The van der Waals surface area contributed by atoms with E-state index >= 15 is 0 Å². The standard InChI is InChI=1S/C12H12N4O/c13-12(15-9-5-2-1-3-6-9)16-11-10(17)7-4-8-14-11/h1-8,17H,(H3,13,14,15,16). The Morgan fingerprint density at radius 2 is 1.94 bits per heavy atom. The predicted octanol–water partition coefficient (Wildman–Crippen LogP) is 1.85. The molecule has 1 aromatic carbocycles. The van der Waals surface area contributed by atoms with Gasteiger partial charge in [0.1, 0.15) is 0 Å². The largest absolute Gasteiger partial charge is 0.504 e. The predicted molar refractivity (Wildman–Crippen MR) is 67.2 cm³/mol. The second-order valence-corrected chi connectivity index (χ2v) is 3.33. The summed E-state index contributed by atoms with van der Waals surface area (Å²) in [6.45, 7) is 0. The van der Waals surface area contributed by atoms with Crippen LogP contribution in [0.1, 0.15) is 0 Å². The van der Waals surface area contributed by atoms with Crippen LogP contribution in [-0.2, 0) is 0 Å². The van der Waals surface area contributed by atoms with Crippen molar-refractivity contribution in [3.8, 4) is 5.75 Å². The second-order valence-electron chi connectivity index (χ2n) is 3.33. The molecule has 0 bridgehead atoms. The highest BCUT2D eigenvalue weighted by Gasteiger charge is 2.00. The van der Waals surface area contributed by atoms with Gasteiger partial charge in [0.2, 0.25) is 0 Å². The van der Waals surface area contributed by atoms with Crippen molar-refractivity contribution in [1.29, 1.82) is 0 Å². The number of benzene rings is 1. The third-order valence-corrected chi connectivity index (χ3v) is 2.04. The number of pyridine rings is 1. The minimum Gasteiger partial charge on any atom is -0.504 e. The number of anilines is 1. The fourth-order valence-corrected chi connectivity index (χ4v) is 1.29. The molecule has 4 N–H and O–H groups in total. The Morgan fingerprint density at radius 1 is 1.18 bits per heavy atom. The molecule has 0 fully saturated rings. The lowest BCUT2D eigenvalue weighted by Gasteiger charge is -2.04. The van der Waals surface area contributed by atoms with Gasteiger partial charge < -0.3 is 16.2 Å². The Kier molecular flexibility index (Phi) is 3.20. The minimum atomic E-state index is -0.00897. The summed E-state index contributed by atoms with van der Waals surface area (Å²) in [4.78, 5) is 7.88. The van der Waals surface area contributed by atoms with Crippen LogP contribution < -0.4 is 11.1 Å². The second kappa shape index (κ2) is 4.98. The fourth-order valence-electron chi connectivity index (χ4n) is 1.29. The number of nitrogens with one attached hydrogen (secondary N) is 1. The van der Waals surface area contributed by atoms with Gasteiger partial charge in [-0.1, -0.05) is 18.2 Å². The smallest absolute Gasteiger partial charge is 0.200 e. The van der Waals surface area contributed by atoms with Crippen molar-refractivity contribution < 1.29 is 5.11 Å². The van der Waals surface area contributed by atoms with Crippen molar-refractivity contribution in [3.63, 3.8) is 0 Å². The van der Waals surface area contributed by atoms with E-state index in [4.69, 9.17) is 5.73 Å². The summed E-state index contributed by atoms with van der Waals surface area (Å²) in [6.07, 6.45) is 1.54. The van der Waals surface area contributed by atoms with E-state index in [2.05, 4.69) is 15.3 Å². The summed E-state index contributed by atoms with van der Waals surface area (Å²) >= 11 is 0. The molecule has 2 aromatic rings. The summed E-state index contributed by atoms with van der Waals surface area (Å²) in [5.41, 5.74) is 6.52. The molecular formula is C12H12N4O. The number of aromatic hydroxyl groups is 1. The van der Waals surface area contributed by atoms with Gasteiger partial charge in [0.05, 0.1) is 0 Å². The highest BCUT2D eigenvalue weighted by atomic mass is 16.3. The molecule has 0 aliphatic carbocycles. The zero-order valence-electron chi connectivity index (χ0n) is 9.04. The number of rotatable bonds is 2. The Bertz CT molecular complexity index is 525. The number of nitrogens with zero attached hydrogens (tertiary/aromatic N) is 2. The van der Waals surface area contributed by atoms with E-state index < -0.39 is 0 Å². The van der Waals surface area contributed by atoms with E-state index in [1.807, 2.05) is 30.3 Å². The van der Waals surface area contributed by atoms with Gasteiger partial charge in [0.15, 0.2) is 17.5 Å². The van der Waals surface area contributed by atoms with Crippen molar-refractivity contribution >= 4 is 17.5 Å². The quantitative estimate of drug-likeness (QED) is 0.541. The first-order chi connectivity index (χ1) is 8.25. The third kappa shape index (κ3) is 2.94. The highest BCUT2D eigenvalue weighted by Crippen LogP contribution is 2.21. The lowest BCUT2D eigenvalue weighted by Crippen LogP contribution is -2.21. The number of nitrogens with two attached hydrogens (primary N) is 1. The zero-order valence-corrected chi connectivity index (χ0v) is 9.04. The van der Waals surface area contributed by atoms with Gasteiger partial charge in [-0.25, -0.2) is 4.98 Å². The van der Waals surface area contributed by atoms with Crippen LogP contribution in [0.5, 0.6) is 5.75 Å². The molecule has 1 aromatic heterocycles. The molecule has 2 rings (SSSR count). The van der Waals surface area contributed by atoms with Gasteiger partial charge in [-0.15, -0.1) is 0 Å². The molecule has 0 atom stereocenters. The lowest BCUT2D eigenvalue weighted by molar-refractivity contribution is 0.474. The van der Waals surface area contributed by atoms with Crippen LogP contribution in [0.25, 0.3) is 0 Å². The summed E-state index contributed by atoms with van der Waals surface area (Å²) in [7, 11) is 0. The molecule has 0 aliphatic rings. The molecular weight excluding hydrogens is 216 g/mol. The van der Waals surface area contributed by atoms with E-state index in [1.54, 1.807) is 6.07 Å². The first-order valence-corrected chi connectivity index (χ1v) is 5.06. The molecule has 5 heteroatoms. The highest BCUT2D eigenvalue weighted by molar-refractivity contribution is 5.93. The number of aliphatic imine (C=N–C) groups is 1. The maximum atomic E-state index is 9.47. The van der Waals surface area contributed by atoms with Gasteiger partial charge in [0, 0.05) is 11.9 Å². The van der Waals surface area contributed by atoms with E-state index in [0.29, 0.717) is 0 Å². The van der Waals surface area contributed by atoms with Crippen molar-refractivity contribution in [2.45, 2.75) is 0 Å². The number of hydrogen-bond acceptors (Lipinski definition) is 3. The molecule has 0 spiro atoms.